The minimum atomic E-state index is -0.172. The maximum absolute atomic E-state index is 12.2. The Bertz CT molecular complexity index is 1090. The van der Waals surface area contributed by atoms with Crippen LogP contribution in [0.15, 0.2) is 48.8 Å². The molecule has 0 unspecified atom stereocenters. The van der Waals surface area contributed by atoms with Crippen LogP contribution in [0.2, 0.25) is 10.0 Å². The van der Waals surface area contributed by atoms with Crippen LogP contribution in [0.5, 0.6) is 0 Å². The van der Waals surface area contributed by atoms with Crippen molar-refractivity contribution in [2.24, 2.45) is 0 Å². The first-order valence-electron chi connectivity index (χ1n) is 11.9. The van der Waals surface area contributed by atoms with E-state index in [0.29, 0.717) is 34.4 Å². The lowest BCUT2D eigenvalue weighted by Gasteiger charge is -2.12. The first kappa shape index (κ1) is 25.3. The third-order valence-corrected chi connectivity index (χ3v) is 6.08. The summed E-state index contributed by atoms with van der Waals surface area (Å²) < 4.78 is 6.97. The minimum Gasteiger partial charge on any atom is -0.381 e. The van der Waals surface area contributed by atoms with Crippen LogP contribution in [0.25, 0.3) is 5.82 Å². The monoisotopic (exact) mass is 516 g/mol. The molecule has 8 nitrogen and oxygen atoms in total. The maximum Gasteiger partial charge on any atom is 0.239 e. The fraction of sp³-hybridized carbons (Fsp3) is 0.400. The number of halogens is 2. The van der Waals surface area contributed by atoms with Crippen molar-refractivity contribution in [1.29, 1.82) is 0 Å². The molecule has 186 valence electrons. The van der Waals surface area contributed by atoms with Crippen LogP contribution >= 0.6 is 23.2 Å². The average molecular weight is 517 g/mol. The molecule has 1 aromatic carbocycles. The van der Waals surface area contributed by atoms with Crippen LogP contribution in [0, 0.1) is 0 Å². The SMILES string of the molecule is C1CCOCC1.O=C(CNc1cc(-n2cccc2)nc(NC2CC2)n1)NCc1ccc(Cl)cc1Cl. The second kappa shape index (κ2) is 12.8. The molecule has 0 spiro atoms. The van der Waals surface area contributed by atoms with Gasteiger partial charge < -0.3 is 25.3 Å². The molecule has 35 heavy (non-hydrogen) atoms. The normalized spacial score (nSPS) is 15.0. The van der Waals surface area contributed by atoms with Gasteiger partial charge in [-0.15, -0.1) is 0 Å². The number of benzene rings is 1. The highest BCUT2D eigenvalue weighted by Gasteiger charge is 2.22. The Morgan fingerprint density at radius 1 is 1.06 bits per heavy atom. The number of hydrogen-bond donors (Lipinski definition) is 3. The molecule has 1 aliphatic carbocycles. The lowest BCUT2D eigenvalue weighted by atomic mass is 10.2. The highest BCUT2D eigenvalue weighted by atomic mass is 35.5. The van der Waals surface area contributed by atoms with Gasteiger partial charge in [-0.3, -0.25) is 4.79 Å². The molecule has 3 aromatic rings. The highest BCUT2D eigenvalue weighted by molar-refractivity contribution is 6.35. The molecule has 0 radical (unpaired) electrons. The minimum absolute atomic E-state index is 0.0796. The Balaban J connectivity index is 0.000000421. The summed E-state index contributed by atoms with van der Waals surface area (Å²) in [5.41, 5.74) is 0.803. The molecular weight excluding hydrogens is 487 g/mol. The van der Waals surface area contributed by atoms with Crippen molar-refractivity contribution in [3.8, 4) is 5.82 Å². The van der Waals surface area contributed by atoms with Crippen LogP contribution < -0.4 is 16.0 Å². The highest BCUT2D eigenvalue weighted by Crippen LogP contribution is 2.24. The van der Waals surface area contributed by atoms with E-state index in [1.807, 2.05) is 29.1 Å². The number of anilines is 2. The van der Waals surface area contributed by atoms with Crippen molar-refractivity contribution < 1.29 is 9.53 Å². The number of ether oxygens (including phenoxy) is 1. The van der Waals surface area contributed by atoms with Gasteiger partial charge in [-0.25, -0.2) is 0 Å². The van der Waals surface area contributed by atoms with Crippen molar-refractivity contribution in [3.63, 3.8) is 0 Å². The molecule has 1 saturated heterocycles. The first-order valence-corrected chi connectivity index (χ1v) is 12.6. The predicted molar refractivity (Wildman–Crippen MR) is 139 cm³/mol. The van der Waals surface area contributed by atoms with Gasteiger partial charge in [0.15, 0.2) is 0 Å². The summed E-state index contributed by atoms with van der Waals surface area (Å²) in [4.78, 5) is 21.3. The van der Waals surface area contributed by atoms with Crippen LogP contribution in [0.3, 0.4) is 0 Å². The molecule has 3 heterocycles. The molecule has 10 heteroatoms. The van der Waals surface area contributed by atoms with Gasteiger partial charge in [0.25, 0.3) is 0 Å². The van der Waals surface area contributed by atoms with Gasteiger partial charge >= 0.3 is 0 Å². The molecule has 1 saturated carbocycles. The predicted octanol–water partition coefficient (Wildman–Crippen LogP) is 5.06. The van der Waals surface area contributed by atoms with Crippen LogP contribution in [-0.2, 0) is 16.1 Å². The Morgan fingerprint density at radius 2 is 1.83 bits per heavy atom. The lowest BCUT2D eigenvalue weighted by Crippen LogP contribution is -2.29. The summed E-state index contributed by atoms with van der Waals surface area (Å²) in [6.45, 7) is 2.40. The van der Waals surface area contributed by atoms with E-state index in [4.69, 9.17) is 27.9 Å². The number of rotatable bonds is 8. The molecule has 5 rings (SSSR count). The van der Waals surface area contributed by atoms with E-state index >= 15 is 0 Å². The number of carbonyl (C=O) groups is 1. The number of nitrogens with zero attached hydrogens (tertiary/aromatic N) is 3. The van der Waals surface area contributed by atoms with Crippen LogP contribution in [0.4, 0.5) is 11.8 Å². The topological polar surface area (TPSA) is 93.1 Å². The third kappa shape index (κ3) is 8.42. The molecule has 2 aromatic heterocycles. The molecule has 2 aliphatic rings. The summed E-state index contributed by atoms with van der Waals surface area (Å²) in [5, 5.41) is 10.3. The molecular formula is C25H30Cl2N6O2. The number of amides is 1. The Kier molecular flexibility index (Phi) is 9.22. The summed E-state index contributed by atoms with van der Waals surface area (Å²) >= 11 is 12.0. The Hall–Kier alpha value is -2.81. The summed E-state index contributed by atoms with van der Waals surface area (Å²) in [6.07, 6.45) is 10.00. The standard InChI is InChI=1S/C20H20Cl2N6O.C5H10O/c21-14-4-3-13(16(22)9-14)11-24-19(29)12-23-17-10-18(28-7-1-2-8-28)27-20(26-17)25-15-5-6-15;1-2-4-6-5-3-1/h1-4,7-10,15H,5-6,11-12H2,(H,24,29)(H2,23,25,26,27);1-5H2. The first-order chi connectivity index (χ1) is 17.1. The molecule has 1 aliphatic heterocycles. The fourth-order valence-electron chi connectivity index (χ4n) is 3.40. The summed E-state index contributed by atoms with van der Waals surface area (Å²) in [7, 11) is 0. The largest absolute Gasteiger partial charge is 0.381 e. The second-order valence-electron chi connectivity index (χ2n) is 8.48. The van der Waals surface area contributed by atoms with Crippen LogP contribution in [0.1, 0.15) is 37.7 Å². The zero-order valence-electron chi connectivity index (χ0n) is 19.5. The van der Waals surface area contributed by atoms with E-state index in [-0.39, 0.29) is 12.5 Å². The molecule has 2 fully saturated rings. The molecule has 0 atom stereocenters. The van der Waals surface area contributed by atoms with Gasteiger partial charge in [-0.05, 0) is 61.9 Å². The van der Waals surface area contributed by atoms with Gasteiger partial charge in [-0.2, -0.15) is 9.97 Å². The van der Waals surface area contributed by atoms with E-state index in [9.17, 15) is 4.79 Å². The fourth-order valence-corrected chi connectivity index (χ4v) is 3.87. The zero-order valence-corrected chi connectivity index (χ0v) is 21.0. The Morgan fingerprint density at radius 3 is 2.46 bits per heavy atom. The van der Waals surface area contributed by atoms with E-state index in [0.717, 1.165) is 37.4 Å². The average Bonchev–Trinajstić information content (AvgIpc) is 3.51. The van der Waals surface area contributed by atoms with E-state index in [2.05, 4.69) is 25.9 Å². The van der Waals surface area contributed by atoms with Gasteiger partial charge in [0.2, 0.25) is 11.9 Å². The molecule has 0 bridgehead atoms. The van der Waals surface area contributed by atoms with Crippen molar-refractivity contribution in [2.45, 2.75) is 44.7 Å². The molecule has 3 N–H and O–H groups in total. The van der Waals surface area contributed by atoms with E-state index < -0.39 is 0 Å². The van der Waals surface area contributed by atoms with Gasteiger partial charge in [0, 0.05) is 54.3 Å². The zero-order chi connectivity index (χ0) is 24.5. The lowest BCUT2D eigenvalue weighted by molar-refractivity contribution is -0.119. The number of carbonyl (C=O) groups excluding carboxylic acids is 1. The van der Waals surface area contributed by atoms with Gasteiger partial charge in [-0.1, -0.05) is 29.3 Å². The number of aromatic nitrogens is 3. The van der Waals surface area contributed by atoms with Crippen molar-refractivity contribution in [1.82, 2.24) is 19.9 Å². The van der Waals surface area contributed by atoms with Crippen molar-refractivity contribution in [2.75, 3.05) is 30.4 Å². The van der Waals surface area contributed by atoms with Gasteiger partial charge in [0.1, 0.15) is 11.6 Å². The summed E-state index contributed by atoms with van der Waals surface area (Å²) in [6, 6.07) is 11.3. The quantitative estimate of drug-likeness (QED) is 0.387. The number of nitrogens with one attached hydrogen (secondary N) is 3. The smallest absolute Gasteiger partial charge is 0.239 e. The Labute approximate surface area is 215 Å². The van der Waals surface area contributed by atoms with Crippen molar-refractivity contribution >= 4 is 40.9 Å². The van der Waals surface area contributed by atoms with E-state index in [1.165, 1.54) is 19.3 Å². The van der Waals surface area contributed by atoms with E-state index in [1.54, 1.807) is 24.3 Å². The van der Waals surface area contributed by atoms with Crippen LogP contribution in [-0.4, -0.2) is 46.2 Å². The second-order valence-corrected chi connectivity index (χ2v) is 9.33. The number of hydrogen-bond acceptors (Lipinski definition) is 6. The van der Waals surface area contributed by atoms with Gasteiger partial charge in [0.05, 0.1) is 6.54 Å². The maximum atomic E-state index is 12.2. The summed E-state index contributed by atoms with van der Waals surface area (Å²) in [5.74, 6) is 1.68. The van der Waals surface area contributed by atoms with Crippen molar-refractivity contribution in [3.05, 3.63) is 64.4 Å². The third-order valence-electron chi connectivity index (χ3n) is 5.49. The molecule has 1 amide bonds.